The van der Waals surface area contributed by atoms with Gasteiger partial charge < -0.3 is 5.32 Å². The van der Waals surface area contributed by atoms with E-state index in [1.54, 1.807) is 11.3 Å². The number of hydrogen-bond donors (Lipinski definition) is 1. The van der Waals surface area contributed by atoms with Crippen molar-refractivity contribution < 1.29 is 4.79 Å². The average Bonchev–Trinajstić information content (AvgIpc) is 3.25. The number of aromatic nitrogens is 2. The molecule has 1 atom stereocenters. The number of fused-ring (bicyclic) bond motifs is 1. The van der Waals surface area contributed by atoms with Gasteiger partial charge in [-0.1, -0.05) is 49.4 Å². The zero-order valence-electron chi connectivity index (χ0n) is 14.4. The first-order valence-corrected chi connectivity index (χ1v) is 9.44. The van der Waals surface area contributed by atoms with Crippen molar-refractivity contribution in [3.63, 3.8) is 0 Å². The number of hydrogen-bond acceptors (Lipinski definition) is 3. The zero-order chi connectivity index (χ0) is 17.9. The Morgan fingerprint density at radius 3 is 2.65 bits per heavy atom. The number of nitrogens with zero attached hydrogens (tertiary/aromatic N) is 2. The lowest BCUT2D eigenvalue weighted by Crippen LogP contribution is -2.14. The van der Waals surface area contributed by atoms with Crippen LogP contribution in [0.2, 0.25) is 0 Å². The number of carbonyl (C=O) groups excluding carboxylic acids is 1. The lowest BCUT2D eigenvalue weighted by molar-refractivity contribution is -0.116. The molecule has 0 saturated carbocycles. The number of benzene rings is 2. The molecule has 0 aliphatic heterocycles. The molecule has 5 heteroatoms. The Morgan fingerprint density at radius 2 is 1.92 bits per heavy atom. The molecule has 1 N–H and O–H groups in total. The lowest BCUT2D eigenvalue weighted by atomic mass is 9.97. The van der Waals surface area contributed by atoms with Gasteiger partial charge in [-0.25, -0.2) is 4.98 Å². The van der Waals surface area contributed by atoms with Crippen molar-refractivity contribution >= 4 is 27.9 Å². The Kier molecular flexibility index (Phi) is 4.54. The number of imidazole rings is 1. The standard InChI is InChI=1S/C21H19N3OS/c1-15(16-5-3-2-4-6-16)13-20(25)22-18-9-7-17(8-10-18)19-14-24-11-12-26-21(24)23-19/h2-12,14-15H,13H2,1H3,(H,22,25)/t15-/m1/s1. The molecule has 0 aliphatic rings. The van der Waals surface area contributed by atoms with Crippen LogP contribution in [0.4, 0.5) is 5.69 Å². The summed E-state index contributed by atoms with van der Waals surface area (Å²) in [6.45, 7) is 2.07. The highest BCUT2D eigenvalue weighted by Crippen LogP contribution is 2.24. The smallest absolute Gasteiger partial charge is 0.224 e. The highest BCUT2D eigenvalue weighted by molar-refractivity contribution is 7.15. The summed E-state index contributed by atoms with van der Waals surface area (Å²) in [6.07, 6.45) is 4.48. The fourth-order valence-corrected chi connectivity index (χ4v) is 3.68. The molecule has 0 saturated heterocycles. The first kappa shape index (κ1) is 16.5. The summed E-state index contributed by atoms with van der Waals surface area (Å²) in [7, 11) is 0. The quantitative estimate of drug-likeness (QED) is 0.531. The summed E-state index contributed by atoms with van der Waals surface area (Å²) >= 11 is 1.61. The molecule has 0 bridgehead atoms. The van der Waals surface area contributed by atoms with Crippen molar-refractivity contribution in [1.82, 2.24) is 9.38 Å². The van der Waals surface area contributed by atoms with E-state index < -0.39 is 0 Å². The second kappa shape index (κ2) is 7.14. The van der Waals surface area contributed by atoms with Crippen LogP contribution in [-0.2, 0) is 4.79 Å². The van der Waals surface area contributed by atoms with Crippen molar-refractivity contribution in [2.24, 2.45) is 0 Å². The molecule has 2 aromatic heterocycles. The third-order valence-electron chi connectivity index (χ3n) is 4.42. The summed E-state index contributed by atoms with van der Waals surface area (Å²) in [5.41, 5.74) is 3.96. The van der Waals surface area contributed by atoms with Crippen LogP contribution >= 0.6 is 11.3 Å². The summed E-state index contributed by atoms with van der Waals surface area (Å²) in [6, 6.07) is 17.9. The minimum Gasteiger partial charge on any atom is -0.326 e. The molecule has 2 heterocycles. The summed E-state index contributed by atoms with van der Waals surface area (Å²) in [5, 5.41) is 5.00. The maximum absolute atomic E-state index is 12.3. The number of thiazole rings is 1. The van der Waals surface area contributed by atoms with E-state index in [0.717, 1.165) is 21.9 Å². The average molecular weight is 361 g/mol. The zero-order valence-corrected chi connectivity index (χ0v) is 15.2. The van der Waals surface area contributed by atoms with Crippen LogP contribution in [-0.4, -0.2) is 15.3 Å². The Morgan fingerprint density at radius 1 is 1.15 bits per heavy atom. The van der Waals surface area contributed by atoms with Gasteiger partial charge in [0.2, 0.25) is 5.91 Å². The number of anilines is 1. The van der Waals surface area contributed by atoms with Crippen LogP contribution in [0.5, 0.6) is 0 Å². The molecule has 0 radical (unpaired) electrons. The molecule has 4 nitrogen and oxygen atoms in total. The van der Waals surface area contributed by atoms with Crippen LogP contribution in [0.1, 0.15) is 24.8 Å². The molecular weight excluding hydrogens is 342 g/mol. The minimum atomic E-state index is 0.0246. The SMILES string of the molecule is C[C@H](CC(=O)Nc1ccc(-c2cn3ccsc3n2)cc1)c1ccccc1. The topological polar surface area (TPSA) is 46.4 Å². The van der Waals surface area contributed by atoms with Gasteiger partial charge in [0.15, 0.2) is 4.96 Å². The van der Waals surface area contributed by atoms with E-state index in [1.807, 2.05) is 64.6 Å². The van der Waals surface area contributed by atoms with E-state index in [9.17, 15) is 4.79 Å². The number of amides is 1. The normalized spacial score (nSPS) is 12.2. The van der Waals surface area contributed by atoms with Gasteiger partial charge >= 0.3 is 0 Å². The van der Waals surface area contributed by atoms with E-state index in [1.165, 1.54) is 5.56 Å². The molecular formula is C21H19N3OS. The van der Waals surface area contributed by atoms with Gasteiger partial charge in [0, 0.05) is 35.4 Å². The Hall–Kier alpha value is -2.92. The predicted octanol–water partition coefficient (Wildman–Crippen LogP) is 5.20. The number of carbonyl (C=O) groups is 1. The van der Waals surface area contributed by atoms with Gasteiger partial charge in [-0.15, -0.1) is 11.3 Å². The number of rotatable bonds is 5. The van der Waals surface area contributed by atoms with Crippen molar-refractivity contribution in [1.29, 1.82) is 0 Å². The van der Waals surface area contributed by atoms with Crippen molar-refractivity contribution in [2.45, 2.75) is 19.3 Å². The van der Waals surface area contributed by atoms with Gasteiger partial charge in [0.1, 0.15) is 0 Å². The molecule has 0 aliphatic carbocycles. The molecule has 0 fully saturated rings. The van der Waals surface area contributed by atoms with E-state index in [0.29, 0.717) is 6.42 Å². The van der Waals surface area contributed by atoms with Crippen LogP contribution in [0.15, 0.2) is 72.4 Å². The molecule has 1 amide bonds. The van der Waals surface area contributed by atoms with Gasteiger partial charge in [-0.2, -0.15) is 0 Å². The minimum absolute atomic E-state index is 0.0246. The molecule has 130 valence electrons. The Bertz CT molecular complexity index is 990. The fraction of sp³-hybridized carbons (Fsp3) is 0.143. The van der Waals surface area contributed by atoms with E-state index in [-0.39, 0.29) is 11.8 Å². The molecule has 4 rings (SSSR count). The maximum atomic E-state index is 12.3. The second-order valence-electron chi connectivity index (χ2n) is 6.36. The summed E-state index contributed by atoms with van der Waals surface area (Å²) < 4.78 is 2.01. The van der Waals surface area contributed by atoms with Gasteiger partial charge in [0.05, 0.1) is 5.69 Å². The third kappa shape index (κ3) is 3.53. The van der Waals surface area contributed by atoms with Gasteiger partial charge in [-0.3, -0.25) is 9.20 Å². The van der Waals surface area contributed by atoms with Crippen LogP contribution in [0.3, 0.4) is 0 Å². The molecule has 0 spiro atoms. The molecule has 26 heavy (non-hydrogen) atoms. The van der Waals surface area contributed by atoms with Crippen LogP contribution in [0, 0.1) is 0 Å². The van der Waals surface area contributed by atoms with Crippen molar-refractivity contribution in [3.8, 4) is 11.3 Å². The monoisotopic (exact) mass is 361 g/mol. The number of nitrogens with one attached hydrogen (secondary N) is 1. The predicted molar refractivity (Wildman–Crippen MR) is 107 cm³/mol. The van der Waals surface area contributed by atoms with Crippen molar-refractivity contribution in [2.75, 3.05) is 5.32 Å². The fourth-order valence-electron chi connectivity index (χ4n) is 2.98. The Balaban J connectivity index is 1.40. The van der Waals surface area contributed by atoms with Gasteiger partial charge in [0.25, 0.3) is 0 Å². The Labute approximate surface area is 156 Å². The molecule has 4 aromatic rings. The lowest BCUT2D eigenvalue weighted by Gasteiger charge is -2.12. The maximum Gasteiger partial charge on any atom is 0.224 e. The van der Waals surface area contributed by atoms with Crippen LogP contribution in [0.25, 0.3) is 16.2 Å². The van der Waals surface area contributed by atoms with Crippen LogP contribution < -0.4 is 5.32 Å². The second-order valence-corrected chi connectivity index (χ2v) is 7.23. The molecule has 0 unspecified atom stereocenters. The van der Waals surface area contributed by atoms with Crippen molar-refractivity contribution in [3.05, 3.63) is 77.9 Å². The van der Waals surface area contributed by atoms with E-state index in [2.05, 4.69) is 29.4 Å². The van der Waals surface area contributed by atoms with E-state index in [4.69, 9.17) is 0 Å². The summed E-state index contributed by atoms with van der Waals surface area (Å²) in [4.78, 5) is 17.9. The summed E-state index contributed by atoms with van der Waals surface area (Å²) in [5.74, 6) is 0.213. The molecule has 2 aromatic carbocycles. The third-order valence-corrected chi connectivity index (χ3v) is 5.19. The largest absolute Gasteiger partial charge is 0.326 e. The first-order valence-electron chi connectivity index (χ1n) is 8.56. The highest BCUT2D eigenvalue weighted by atomic mass is 32.1. The highest BCUT2D eigenvalue weighted by Gasteiger charge is 2.11. The van der Waals surface area contributed by atoms with Gasteiger partial charge in [-0.05, 0) is 23.6 Å². The van der Waals surface area contributed by atoms with E-state index >= 15 is 0 Å². The first-order chi connectivity index (χ1) is 12.7.